The number of H-pyrrole nitrogens is 1. The molecule has 1 N–H and O–H groups in total. The Kier molecular flexibility index (Phi) is 5.85. The van der Waals surface area contributed by atoms with Gasteiger partial charge in [-0.1, -0.05) is 6.07 Å². The van der Waals surface area contributed by atoms with Crippen molar-refractivity contribution < 1.29 is 18.3 Å². The molecule has 0 spiro atoms. The zero-order valence-electron chi connectivity index (χ0n) is 17.1. The average Bonchev–Trinajstić information content (AvgIpc) is 3.27. The van der Waals surface area contributed by atoms with Crippen LogP contribution < -0.4 is 9.47 Å². The van der Waals surface area contributed by atoms with Crippen LogP contribution in [0.3, 0.4) is 0 Å². The number of aromatic nitrogens is 3. The van der Waals surface area contributed by atoms with Crippen LogP contribution in [0.1, 0.15) is 48.8 Å². The summed E-state index contributed by atoms with van der Waals surface area (Å²) >= 11 is 0. The van der Waals surface area contributed by atoms with Crippen molar-refractivity contribution in [3.63, 3.8) is 0 Å². The highest BCUT2D eigenvalue weighted by Gasteiger charge is 2.36. The van der Waals surface area contributed by atoms with Crippen molar-refractivity contribution in [3.8, 4) is 28.8 Å². The molecule has 2 aromatic heterocycles. The molecule has 8 heteroatoms. The van der Waals surface area contributed by atoms with Gasteiger partial charge in [0.15, 0.2) is 0 Å². The number of imidazole rings is 1. The molecule has 0 aliphatic heterocycles. The number of halogens is 2. The molecule has 1 aliphatic rings. The van der Waals surface area contributed by atoms with Crippen LogP contribution in [0, 0.1) is 11.3 Å². The Morgan fingerprint density at radius 3 is 2.77 bits per heavy atom. The molecule has 0 atom stereocenters. The van der Waals surface area contributed by atoms with Gasteiger partial charge >= 0.3 is 0 Å². The largest absolute Gasteiger partial charge is 0.496 e. The van der Waals surface area contributed by atoms with Crippen molar-refractivity contribution in [2.45, 2.75) is 44.1 Å². The monoisotopic (exact) mass is 424 g/mol. The first kappa shape index (κ1) is 20.8. The summed E-state index contributed by atoms with van der Waals surface area (Å²) in [6.07, 6.45) is 2.35. The number of benzene rings is 1. The maximum atomic E-state index is 13.4. The van der Waals surface area contributed by atoms with Crippen LogP contribution in [0.4, 0.5) is 8.78 Å². The van der Waals surface area contributed by atoms with E-state index < -0.39 is 5.92 Å². The predicted molar refractivity (Wildman–Crippen MR) is 110 cm³/mol. The van der Waals surface area contributed by atoms with Crippen molar-refractivity contribution in [1.82, 2.24) is 15.0 Å². The van der Waals surface area contributed by atoms with E-state index in [1.54, 1.807) is 37.6 Å². The summed E-state index contributed by atoms with van der Waals surface area (Å²) in [6, 6.07) is 12.6. The Balaban J connectivity index is 1.47. The molecule has 6 nitrogen and oxygen atoms in total. The Morgan fingerprint density at radius 2 is 2.03 bits per heavy atom. The molecule has 3 aromatic rings. The standard InChI is InChI=1S/C23H22F2N4O2/c1-30-21-11-18(31-14-17-4-2-3-16(12-26)28-17)5-6-19(21)20-13-27-22(29-20)15-7-9-23(24,25)10-8-15/h2-6,11,13,15H,7-10,14H2,1H3,(H,27,29). The third-order valence-electron chi connectivity index (χ3n) is 5.47. The van der Waals surface area contributed by atoms with E-state index in [9.17, 15) is 8.78 Å². The summed E-state index contributed by atoms with van der Waals surface area (Å²) in [7, 11) is 1.57. The number of hydrogen-bond acceptors (Lipinski definition) is 5. The van der Waals surface area contributed by atoms with Gasteiger partial charge in [-0.25, -0.2) is 18.7 Å². The summed E-state index contributed by atoms with van der Waals surface area (Å²) < 4.78 is 38.2. The first-order valence-corrected chi connectivity index (χ1v) is 10.1. The smallest absolute Gasteiger partial charge is 0.248 e. The van der Waals surface area contributed by atoms with Crippen LogP contribution in [-0.2, 0) is 6.61 Å². The van der Waals surface area contributed by atoms with Crippen LogP contribution in [0.15, 0.2) is 42.6 Å². The SMILES string of the molecule is COc1cc(OCc2cccc(C#N)n2)ccc1-c1cnc(C2CCC(F)(F)CC2)[nH]1. The van der Waals surface area contributed by atoms with Crippen LogP contribution in [0.5, 0.6) is 11.5 Å². The van der Waals surface area contributed by atoms with Gasteiger partial charge in [-0.2, -0.15) is 5.26 Å². The molecule has 0 unspecified atom stereocenters. The van der Waals surface area contributed by atoms with Crippen LogP contribution >= 0.6 is 0 Å². The molecule has 4 rings (SSSR count). The molecular formula is C23H22F2N4O2. The van der Waals surface area contributed by atoms with E-state index in [0.29, 0.717) is 35.7 Å². The second-order valence-corrected chi connectivity index (χ2v) is 7.59. The molecular weight excluding hydrogens is 402 g/mol. The van der Waals surface area contributed by atoms with Crippen molar-refractivity contribution in [3.05, 3.63) is 59.8 Å². The van der Waals surface area contributed by atoms with Gasteiger partial charge in [0.05, 0.1) is 24.7 Å². The second kappa shape index (κ2) is 8.72. The summed E-state index contributed by atoms with van der Waals surface area (Å²) in [6.45, 7) is 0.221. The molecule has 1 aromatic carbocycles. The normalized spacial score (nSPS) is 15.9. The maximum absolute atomic E-state index is 13.4. The van der Waals surface area contributed by atoms with E-state index in [-0.39, 0.29) is 25.4 Å². The first-order chi connectivity index (χ1) is 15.0. The third-order valence-corrected chi connectivity index (χ3v) is 5.47. The highest BCUT2D eigenvalue weighted by molar-refractivity contribution is 5.68. The van der Waals surface area contributed by atoms with E-state index in [4.69, 9.17) is 14.7 Å². The number of methoxy groups -OCH3 is 1. The van der Waals surface area contributed by atoms with Crippen molar-refractivity contribution in [2.24, 2.45) is 0 Å². The number of pyridine rings is 1. The highest BCUT2D eigenvalue weighted by atomic mass is 19.3. The fourth-order valence-corrected chi connectivity index (χ4v) is 3.76. The van der Waals surface area contributed by atoms with Crippen molar-refractivity contribution >= 4 is 0 Å². The summed E-state index contributed by atoms with van der Waals surface area (Å²) in [4.78, 5) is 11.9. The zero-order chi connectivity index (χ0) is 21.8. The lowest BCUT2D eigenvalue weighted by atomic mass is 9.86. The molecule has 2 heterocycles. The fourth-order valence-electron chi connectivity index (χ4n) is 3.76. The number of nitrogens with zero attached hydrogens (tertiary/aromatic N) is 3. The minimum Gasteiger partial charge on any atom is -0.496 e. The maximum Gasteiger partial charge on any atom is 0.248 e. The Morgan fingerprint density at radius 1 is 1.23 bits per heavy atom. The van der Waals surface area contributed by atoms with E-state index in [1.165, 1.54) is 0 Å². The quantitative estimate of drug-likeness (QED) is 0.586. The zero-order valence-corrected chi connectivity index (χ0v) is 17.1. The lowest BCUT2D eigenvalue weighted by Crippen LogP contribution is -2.24. The summed E-state index contributed by atoms with van der Waals surface area (Å²) in [5.41, 5.74) is 2.56. The molecule has 1 aliphatic carbocycles. The average molecular weight is 424 g/mol. The summed E-state index contributed by atoms with van der Waals surface area (Å²) in [5, 5.41) is 8.95. The predicted octanol–water partition coefficient (Wildman–Crippen LogP) is 5.22. The van der Waals surface area contributed by atoms with Gasteiger partial charge in [0.2, 0.25) is 5.92 Å². The molecule has 0 radical (unpaired) electrons. The number of aromatic amines is 1. The van der Waals surface area contributed by atoms with Crippen molar-refractivity contribution in [2.75, 3.05) is 7.11 Å². The minimum absolute atomic E-state index is 0.0126. The van der Waals surface area contributed by atoms with Gasteiger partial charge in [-0.05, 0) is 37.1 Å². The number of nitriles is 1. The minimum atomic E-state index is -2.56. The summed E-state index contributed by atoms with van der Waals surface area (Å²) in [5.74, 6) is -0.619. The number of hydrogen-bond donors (Lipinski definition) is 1. The van der Waals surface area contributed by atoms with Crippen molar-refractivity contribution in [1.29, 1.82) is 5.26 Å². The van der Waals surface area contributed by atoms with Crippen LogP contribution in [0.2, 0.25) is 0 Å². The van der Waals surface area contributed by atoms with Gasteiger partial charge in [0.1, 0.15) is 35.7 Å². The van der Waals surface area contributed by atoms with Gasteiger partial charge in [0.25, 0.3) is 0 Å². The number of ether oxygens (including phenoxy) is 2. The lowest BCUT2D eigenvalue weighted by Gasteiger charge is -2.26. The number of rotatable bonds is 6. The molecule has 160 valence electrons. The van der Waals surface area contributed by atoms with Crippen LogP contribution in [0.25, 0.3) is 11.3 Å². The van der Waals surface area contributed by atoms with E-state index in [2.05, 4.69) is 15.0 Å². The molecule has 0 bridgehead atoms. The number of nitrogens with one attached hydrogen (secondary N) is 1. The topological polar surface area (TPSA) is 83.8 Å². The third kappa shape index (κ3) is 4.82. The first-order valence-electron chi connectivity index (χ1n) is 10.1. The van der Waals surface area contributed by atoms with E-state index in [1.807, 2.05) is 18.2 Å². The molecule has 1 fully saturated rings. The molecule has 0 amide bonds. The fraction of sp³-hybridized carbons (Fsp3) is 0.348. The Labute approximate surface area is 178 Å². The lowest BCUT2D eigenvalue weighted by molar-refractivity contribution is -0.0387. The Bertz CT molecular complexity index is 1100. The molecule has 0 saturated heterocycles. The second-order valence-electron chi connectivity index (χ2n) is 7.59. The van der Waals surface area contributed by atoms with Crippen LogP contribution in [-0.4, -0.2) is 28.0 Å². The van der Waals surface area contributed by atoms with Gasteiger partial charge in [-0.15, -0.1) is 0 Å². The van der Waals surface area contributed by atoms with E-state index >= 15 is 0 Å². The van der Waals surface area contributed by atoms with Gasteiger partial charge in [-0.3, -0.25) is 0 Å². The highest BCUT2D eigenvalue weighted by Crippen LogP contribution is 2.41. The van der Waals surface area contributed by atoms with Gasteiger partial charge < -0.3 is 14.5 Å². The Hall–Kier alpha value is -3.47. The molecule has 31 heavy (non-hydrogen) atoms. The number of alkyl halides is 2. The van der Waals surface area contributed by atoms with Gasteiger partial charge in [0, 0.05) is 30.4 Å². The van der Waals surface area contributed by atoms with E-state index in [0.717, 1.165) is 17.1 Å². The molecule has 1 saturated carbocycles.